The molecule has 1 spiro atoms. The van der Waals surface area contributed by atoms with E-state index in [0.717, 1.165) is 43.3 Å². The lowest BCUT2D eigenvalue weighted by molar-refractivity contribution is -0.274. The van der Waals surface area contributed by atoms with Crippen LogP contribution in [0.1, 0.15) is 90.4 Å². The molecule has 55 heavy (non-hydrogen) atoms. The van der Waals surface area contributed by atoms with E-state index < -0.39 is 35.5 Å². The summed E-state index contributed by atoms with van der Waals surface area (Å²) < 4.78 is 76.0. The molecule has 9 fully saturated rings. The maximum Gasteiger partial charge on any atom is 0.305 e. The van der Waals surface area contributed by atoms with E-state index in [4.69, 9.17) is 46.3 Å². The normalized spacial score (nSPS) is 53.2. The lowest BCUT2D eigenvalue weighted by Crippen LogP contribution is -2.63. The number of alkyl halides is 1. The van der Waals surface area contributed by atoms with Crippen molar-refractivity contribution in [1.82, 2.24) is 0 Å². The summed E-state index contributed by atoms with van der Waals surface area (Å²) >= 11 is 0.607. The van der Waals surface area contributed by atoms with Gasteiger partial charge in [-0.3, -0.25) is 13.2 Å². The van der Waals surface area contributed by atoms with Gasteiger partial charge in [0.25, 0.3) is 0 Å². The number of hydrogen-bond donors (Lipinski definition) is 1. The van der Waals surface area contributed by atoms with Crippen LogP contribution in [0.3, 0.4) is 0 Å². The topological polar surface area (TPSA) is 147 Å². The number of aliphatic hydroxyl groups is 1. The zero-order chi connectivity index (χ0) is 38.2. The number of ether oxygens (including phenoxy) is 8. The Labute approximate surface area is 340 Å². The first-order valence-corrected chi connectivity index (χ1v) is 22.8. The van der Waals surface area contributed by atoms with Gasteiger partial charge in [-0.25, -0.2) is 0 Å². The summed E-state index contributed by atoms with van der Waals surface area (Å²) in [6.07, 6.45) is 3.31. The SMILES string of the molecule is C=C1C[C@@H]2CC[C@]34C[C@@H](O)[C@H](O3)[C@@H]3O[C@H]5CC[C@H](CC(=O)C[C@@H]6[C@@H](OC)[C@@H](C[C@H]7COS(=O)O7)O[C@H]6C[C@H]6O[C@@H](CC[C@@H]1O2)C[C@@H](C)C6=C)O[C@@H]5[C@H](O4)C3I. The van der Waals surface area contributed by atoms with Crippen LogP contribution >= 0.6 is 22.6 Å². The highest BCUT2D eigenvalue weighted by Crippen LogP contribution is 2.51. The predicted octanol–water partition coefficient (Wildman–Crippen LogP) is 4.51. The molecule has 15 heteroatoms. The zero-order valence-electron chi connectivity index (χ0n) is 31.8. The summed E-state index contributed by atoms with van der Waals surface area (Å²) in [5.74, 6) is -0.881. The lowest BCUT2D eigenvalue weighted by Gasteiger charge is -2.49. The van der Waals surface area contributed by atoms with Crippen molar-refractivity contribution >= 4 is 39.7 Å². The molecule has 0 aromatic heterocycles. The Morgan fingerprint density at radius 3 is 2.45 bits per heavy atom. The first-order valence-electron chi connectivity index (χ1n) is 20.5. The molecule has 10 bridgehead atoms. The van der Waals surface area contributed by atoms with Crippen LogP contribution in [0.2, 0.25) is 0 Å². The van der Waals surface area contributed by atoms with Crippen molar-refractivity contribution in [1.29, 1.82) is 0 Å². The molecule has 0 radical (unpaired) electrons. The lowest BCUT2D eigenvalue weighted by atomic mass is 9.81. The number of fused-ring (bicyclic) bond motifs is 9. The Morgan fingerprint density at radius 1 is 0.873 bits per heavy atom. The number of aliphatic hydroxyl groups excluding tert-OH is 1. The Bertz CT molecular complexity index is 1500. The highest BCUT2D eigenvalue weighted by atomic mass is 127. The summed E-state index contributed by atoms with van der Waals surface area (Å²) in [7, 11) is 1.66. The number of halogens is 1. The van der Waals surface area contributed by atoms with Crippen molar-refractivity contribution in [2.75, 3.05) is 13.7 Å². The number of Topliss-reactive ketones (excluding diaryl/α,β-unsaturated/α-hetero) is 1. The Kier molecular flexibility index (Phi) is 11.8. The van der Waals surface area contributed by atoms with Crippen molar-refractivity contribution in [2.24, 2.45) is 11.8 Å². The van der Waals surface area contributed by atoms with Gasteiger partial charge in [0.15, 0.2) is 5.79 Å². The number of hydrogen-bond acceptors (Lipinski definition) is 13. The highest BCUT2D eigenvalue weighted by molar-refractivity contribution is 14.1. The molecule has 0 saturated carbocycles. The number of carbonyl (C=O) groups excluding carboxylic acids is 1. The third-order valence-electron chi connectivity index (χ3n) is 13.9. The maximum atomic E-state index is 14.2. The molecule has 9 aliphatic heterocycles. The van der Waals surface area contributed by atoms with Gasteiger partial charge in [-0.05, 0) is 62.0 Å². The molecule has 9 saturated heterocycles. The van der Waals surface area contributed by atoms with Crippen molar-refractivity contribution in [3.05, 3.63) is 24.3 Å². The Hall–Kier alpha value is -0.410. The molecule has 0 aromatic carbocycles. The second kappa shape index (κ2) is 16.2. The van der Waals surface area contributed by atoms with Gasteiger partial charge in [0.2, 0.25) is 0 Å². The fourth-order valence-electron chi connectivity index (χ4n) is 11.1. The maximum absolute atomic E-state index is 14.2. The van der Waals surface area contributed by atoms with Crippen molar-refractivity contribution < 1.29 is 60.4 Å². The minimum Gasteiger partial charge on any atom is -0.390 e. The van der Waals surface area contributed by atoms with E-state index in [9.17, 15) is 14.1 Å². The van der Waals surface area contributed by atoms with Gasteiger partial charge < -0.3 is 43.0 Å². The van der Waals surface area contributed by atoms with Crippen molar-refractivity contribution in [3.8, 4) is 0 Å². The summed E-state index contributed by atoms with van der Waals surface area (Å²) in [6, 6.07) is 0. The van der Waals surface area contributed by atoms with Crippen molar-refractivity contribution in [3.63, 3.8) is 0 Å². The van der Waals surface area contributed by atoms with Gasteiger partial charge in [-0.2, -0.15) is 4.21 Å². The van der Waals surface area contributed by atoms with E-state index in [1.54, 1.807) is 7.11 Å². The highest BCUT2D eigenvalue weighted by Gasteiger charge is 2.63. The second-order valence-electron chi connectivity index (χ2n) is 17.6. The summed E-state index contributed by atoms with van der Waals surface area (Å²) in [4.78, 5) is 14.2. The van der Waals surface area contributed by atoms with Gasteiger partial charge >= 0.3 is 11.4 Å². The zero-order valence-corrected chi connectivity index (χ0v) is 34.8. The third-order valence-corrected chi connectivity index (χ3v) is 16.1. The monoisotopic (exact) mass is 904 g/mol. The van der Waals surface area contributed by atoms with Gasteiger partial charge in [-0.15, -0.1) is 0 Å². The van der Waals surface area contributed by atoms with Crippen LogP contribution in [0.5, 0.6) is 0 Å². The summed E-state index contributed by atoms with van der Waals surface area (Å²) in [5.41, 5.74) is 2.14. The molecule has 9 heterocycles. The number of carbonyl (C=O) groups is 1. The minimum absolute atomic E-state index is 0.0138. The fourth-order valence-corrected chi connectivity index (χ4v) is 12.9. The summed E-state index contributed by atoms with van der Waals surface area (Å²) in [6.45, 7) is 11.3. The predicted molar refractivity (Wildman–Crippen MR) is 205 cm³/mol. The fraction of sp³-hybridized carbons (Fsp3) is 0.875. The van der Waals surface area contributed by atoms with Crippen LogP contribution in [-0.2, 0) is 62.4 Å². The molecule has 20 atom stereocenters. The average Bonchev–Trinajstić information content (AvgIpc) is 3.89. The van der Waals surface area contributed by atoms with E-state index in [-0.39, 0.29) is 114 Å². The summed E-state index contributed by atoms with van der Waals surface area (Å²) in [5, 5.41) is 11.3. The quantitative estimate of drug-likeness (QED) is 0.241. The average molecular weight is 905 g/mol. The van der Waals surface area contributed by atoms with E-state index in [1.807, 2.05) is 0 Å². The third kappa shape index (κ3) is 7.99. The first kappa shape index (κ1) is 40.0. The Morgan fingerprint density at radius 2 is 1.65 bits per heavy atom. The molecular weight excluding hydrogens is 847 g/mol. The molecule has 0 aromatic rings. The van der Waals surface area contributed by atoms with E-state index in [2.05, 4.69) is 42.7 Å². The van der Waals surface area contributed by atoms with E-state index in [0.29, 0.717) is 38.5 Å². The molecular formula is C40H57IO13S. The van der Waals surface area contributed by atoms with Gasteiger partial charge in [0.05, 0.1) is 71.6 Å². The van der Waals surface area contributed by atoms with Gasteiger partial charge in [0, 0.05) is 51.6 Å². The Balaban J connectivity index is 0.991. The van der Waals surface area contributed by atoms with Crippen LogP contribution < -0.4 is 0 Å². The van der Waals surface area contributed by atoms with Crippen LogP contribution in [0.25, 0.3) is 0 Å². The smallest absolute Gasteiger partial charge is 0.305 e. The molecule has 308 valence electrons. The standard InChI is InChI=1S/C40H57IO13S/c1-19-11-23-5-7-29-20(2)12-25(47-29)9-10-40-17-28(43)36(52-40)38-34(41)39(53-40)37-30(51-38)8-6-24(49-37)13-22(42)14-27-32(16-31(48-23)21(19)3)50-33(35(27)45-4)15-26-18-46-55(44)54-26/h19,23-39,43H,2-3,5-18H2,1,4H3/t19-,23+,24-,25+,26+,27+,28-,29+,30+,31-,32+,33-,34?,35-,36+,37+,38-,39-,40+,55?/m1/s1. The molecule has 0 aliphatic carbocycles. The minimum atomic E-state index is -1.78. The van der Waals surface area contributed by atoms with Crippen LogP contribution in [0, 0.1) is 11.8 Å². The number of rotatable bonds is 3. The van der Waals surface area contributed by atoms with Crippen LogP contribution in [0.4, 0.5) is 0 Å². The molecule has 9 aliphatic rings. The number of ketones is 1. The molecule has 1 N–H and O–H groups in total. The molecule has 0 amide bonds. The molecule has 2 unspecified atom stereocenters. The van der Waals surface area contributed by atoms with Crippen LogP contribution in [-0.4, -0.2) is 130 Å². The van der Waals surface area contributed by atoms with Crippen molar-refractivity contribution in [2.45, 2.75) is 192 Å². The second-order valence-corrected chi connectivity index (χ2v) is 19.9. The van der Waals surface area contributed by atoms with E-state index in [1.165, 1.54) is 0 Å². The van der Waals surface area contributed by atoms with Gasteiger partial charge in [0.1, 0.15) is 36.3 Å². The first-order chi connectivity index (χ1) is 26.5. The molecule has 9 rings (SSSR count). The largest absolute Gasteiger partial charge is 0.390 e. The van der Waals surface area contributed by atoms with E-state index >= 15 is 0 Å². The van der Waals surface area contributed by atoms with Crippen LogP contribution in [0.15, 0.2) is 24.3 Å². The number of methoxy groups -OCH3 is 1. The molecule has 13 nitrogen and oxygen atoms in total. The van der Waals surface area contributed by atoms with Gasteiger partial charge in [-0.1, -0.05) is 42.7 Å².